The second-order valence-corrected chi connectivity index (χ2v) is 6.47. The maximum Gasteiger partial charge on any atom is 0.250 e. The van der Waals surface area contributed by atoms with Crippen molar-refractivity contribution in [1.29, 1.82) is 0 Å². The highest BCUT2D eigenvalue weighted by Crippen LogP contribution is 2.29. The average Bonchev–Trinajstić information content (AvgIpc) is 2.52. The zero-order valence-corrected chi connectivity index (χ0v) is 13.1. The van der Waals surface area contributed by atoms with E-state index in [-0.39, 0.29) is 18.6 Å². The smallest absolute Gasteiger partial charge is 0.250 e. The first-order valence-electron chi connectivity index (χ1n) is 7.71. The number of carbonyl (C=O) groups is 1. The van der Waals surface area contributed by atoms with Gasteiger partial charge in [-0.1, -0.05) is 18.0 Å². The predicted molar refractivity (Wildman–Crippen MR) is 85.9 cm³/mol. The van der Waals surface area contributed by atoms with Gasteiger partial charge in [-0.2, -0.15) is 0 Å². The summed E-state index contributed by atoms with van der Waals surface area (Å²) < 4.78 is 5.59. The number of hydrogen-bond acceptors (Lipinski definition) is 3. The van der Waals surface area contributed by atoms with E-state index in [4.69, 9.17) is 16.3 Å². The molecule has 4 nitrogen and oxygen atoms in total. The molecule has 2 N–H and O–H groups in total. The molecule has 0 bridgehead atoms. The highest BCUT2D eigenvalue weighted by Gasteiger charge is 2.22. The van der Waals surface area contributed by atoms with Crippen molar-refractivity contribution >= 4 is 23.6 Å². The number of aliphatic hydroxyl groups is 1. The molecule has 1 aromatic carbocycles. The number of halogens is 1. The summed E-state index contributed by atoms with van der Waals surface area (Å²) in [6.07, 6.45) is 5.34. The van der Waals surface area contributed by atoms with Gasteiger partial charge in [0.15, 0.2) is 0 Å². The minimum absolute atomic E-state index is 0.106. The van der Waals surface area contributed by atoms with Crippen molar-refractivity contribution in [1.82, 2.24) is 5.32 Å². The molecule has 0 saturated heterocycles. The Hall–Kier alpha value is -1.52. The van der Waals surface area contributed by atoms with E-state index in [2.05, 4.69) is 5.32 Å². The SMILES string of the molecule is O=C(NCC1CCCC(O)C1)C1=Cc2cc(Cl)ccc2OC1. The number of nitrogens with one attached hydrogen (secondary N) is 1. The van der Waals surface area contributed by atoms with Gasteiger partial charge in [-0.15, -0.1) is 0 Å². The van der Waals surface area contributed by atoms with Crippen molar-refractivity contribution in [3.8, 4) is 5.75 Å². The minimum atomic E-state index is -0.220. The fourth-order valence-electron chi connectivity index (χ4n) is 3.08. The molecule has 0 aromatic heterocycles. The third kappa shape index (κ3) is 3.62. The lowest BCUT2D eigenvalue weighted by Gasteiger charge is -2.26. The van der Waals surface area contributed by atoms with Crippen molar-refractivity contribution in [2.45, 2.75) is 31.8 Å². The van der Waals surface area contributed by atoms with Crippen LogP contribution in [0.1, 0.15) is 31.2 Å². The van der Waals surface area contributed by atoms with Crippen molar-refractivity contribution in [2.24, 2.45) is 5.92 Å². The third-order valence-corrected chi connectivity index (χ3v) is 4.52. The lowest BCUT2D eigenvalue weighted by atomic mass is 9.87. The van der Waals surface area contributed by atoms with Crippen LogP contribution in [0.25, 0.3) is 6.08 Å². The highest BCUT2D eigenvalue weighted by molar-refractivity contribution is 6.30. The van der Waals surface area contributed by atoms with Crippen molar-refractivity contribution in [3.63, 3.8) is 0 Å². The Kier molecular flexibility index (Phi) is 4.69. The lowest BCUT2D eigenvalue weighted by molar-refractivity contribution is -0.118. The molecule has 2 atom stereocenters. The molecular weight excluding hydrogens is 302 g/mol. The molecule has 2 aliphatic rings. The summed E-state index contributed by atoms with van der Waals surface area (Å²) in [5.41, 5.74) is 1.43. The summed E-state index contributed by atoms with van der Waals surface area (Å²) >= 11 is 5.97. The molecule has 1 aliphatic heterocycles. The van der Waals surface area contributed by atoms with Gasteiger partial charge in [0.2, 0.25) is 0 Å². The van der Waals surface area contributed by atoms with Gasteiger partial charge in [-0.05, 0) is 49.5 Å². The highest BCUT2D eigenvalue weighted by atomic mass is 35.5. The molecule has 1 fully saturated rings. The third-order valence-electron chi connectivity index (χ3n) is 4.28. The van der Waals surface area contributed by atoms with Crippen molar-refractivity contribution in [3.05, 3.63) is 34.4 Å². The number of carbonyl (C=O) groups excluding carboxylic acids is 1. The van der Waals surface area contributed by atoms with E-state index in [1.807, 2.05) is 12.1 Å². The first-order valence-corrected chi connectivity index (χ1v) is 8.09. The van der Waals surface area contributed by atoms with Gasteiger partial charge in [0.05, 0.1) is 11.7 Å². The molecule has 2 unspecified atom stereocenters. The van der Waals surface area contributed by atoms with Crippen LogP contribution in [0.4, 0.5) is 0 Å². The summed E-state index contributed by atoms with van der Waals surface area (Å²) in [4.78, 5) is 12.3. The van der Waals surface area contributed by atoms with E-state index in [1.54, 1.807) is 12.1 Å². The van der Waals surface area contributed by atoms with Crippen LogP contribution in [0, 0.1) is 5.92 Å². The van der Waals surface area contributed by atoms with Crippen LogP contribution in [-0.2, 0) is 4.79 Å². The molecule has 0 radical (unpaired) electrons. The Labute approximate surface area is 135 Å². The van der Waals surface area contributed by atoms with Gasteiger partial charge in [-0.3, -0.25) is 4.79 Å². The molecule has 1 saturated carbocycles. The number of rotatable bonds is 3. The minimum Gasteiger partial charge on any atom is -0.488 e. The second-order valence-electron chi connectivity index (χ2n) is 6.04. The Morgan fingerprint density at radius 1 is 1.41 bits per heavy atom. The van der Waals surface area contributed by atoms with Gasteiger partial charge in [0, 0.05) is 17.1 Å². The molecule has 1 aliphatic carbocycles. The molecule has 118 valence electrons. The lowest BCUT2D eigenvalue weighted by Crippen LogP contribution is -2.35. The first kappa shape index (κ1) is 15.4. The zero-order chi connectivity index (χ0) is 15.5. The standard InChI is InChI=1S/C17H20ClNO3/c18-14-4-5-16-12(8-14)7-13(10-22-16)17(21)19-9-11-2-1-3-15(20)6-11/h4-5,7-8,11,15,20H,1-3,6,9-10H2,(H,19,21). The average molecular weight is 322 g/mol. The predicted octanol–water partition coefficient (Wildman–Crippen LogP) is 2.78. The Morgan fingerprint density at radius 3 is 3.09 bits per heavy atom. The van der Waals surface area contributed by atoms with Gasteiger partial charge in [0.25, 0.3) is 5.91 Å². The Bertz CT molecular complexity index is 600. The molecule has 1 aromatic rings. The van der Waals surface area contributed by atoms with Gasteiger partial charge in [-0.25, -0.2) is 0 Å². The van der Waals surface area contributed by atoms with E-state index >= 15 is 0 Å². The van der Waals surface area contributed by atoms with Crippen LogP contribution >= 0.6 is 11.6 Å². The van der Waals surface area contributed by atoms with Crippen LogP contribution < -0.4 is 10.1 Å². The summed E-state index contributed by atoms with van der Waals surface area (Å²) in [6, 6.07) is 5.38. The Morgan fingerprint density at radius 2 is 2.27 bits per heavy atom. The molecule has 1 amide bonds. The number of aliphatic hydroxyl groups excluding tert-OH is 1. The van der Waals surface area contributed by atoms with E-state index in [0.717, 1.165) is 37.0 Å². The molecule has 5 heteroatoms. The molecule has 3 rings (SSSR count). The number of amides is 1. The fourth-order valence-corrected chi connectivity index (χ4v) is 3.26. The summed E-state index contributed by atoms with van der Waals surface area (Å²) in [7, 11) is 0. The number of fused-ring (bicyclic) bond motifs is 1. The van der Waals surface area contributed by atoms with Crippen LogP contribution in [0.3, 0.4) is 0 Å². The second kappa shape index (κ2) is 6.71. The van der Waals surface area contributed by atoms with Crippen molar-refractivity contribution < 1.29 is 14.6 Å². The topological polar surface area (TPSA) is 58.6 Å². The number of benzene rings is 1. The number of ether oxygens (including phenoxy) is 1. The van der Waals surface area contributed by atoms with Gasteiger partial charge < -0.3 is 15.2 Å². The molecule has 0 spiro atoms. The van der Waals surface area contributed by atoms with Crippen LogP contribution in [0.5, 0.6) is 5.75 Å². The quantitative estimate of drug-likeness (QED) is 0.900. The van der Waals surface area contributed by atoms with E-state index in [0.29, 0.717) is 23.1 Å². The molecule has 22 heavy (non-hydrogen) atoms. The zero-order valence-electron chi connectivity index (χ0n) is 12.3. The van der Waals surface area contributed by atoms with Crippen LogP contribution in [0.15, 0.2) is 23.8 Å². The fraction of sp³-hybridized carbons (Fsp3) is 0.471. The normalized spacial score (nSPS) is 24.0. The monoisotopic (exact) mass is 321 g/mol. The maximum atomic E-state index is 12.3. The molecular formula is C17H20ClNO3. The summed E-state index contributed by atoms with van der Waals surface area (Å²) in [6.45, 7) is 0.878. The maximum absolute atomic E-state index is 12.3. The van der Waals surface area contributed by atoms with Crippen LogP contribution in [0.2, 0.25) is 5.02 Å². The summed E-state index contributed by atoms with van der Waals surface area (Å²) in [5.74, 6) is 1.00. The van der Waals surface area contributed by atoms with E-state index < -0.39 is 0 Å². The van der Waals surface area contributed by atoms with Crippen LogP contribution in [-0.4, -0.2) is 30.3 Å². The van der Waals surface area contributed by atoms with E-state index in [1.165, 1.54) is 0 Å². The first-order chi connectivity index (χ1) is 10.6. The van der Waals surface area contributed by atoms with Gasteiger partial charge >= 0.3 is 0 Å². The molecule has 1 heterocycles. The van der Waals surface area contributed by atoms with Gasteiger partial charge in [0.1, 0.15) is 12.4 Å². The number of hydrogen-bond donors (Lipinski definition) is 2. The largest absolute Gasteiger partial charge is 0.488 e. The van der Waals surface area contributed by atoms with Crippen molar-refractivity contribution in [2.75, 3.05) is 13.2 Å². The summed E-state index contributed by atoms with van der Waals surface area (Å²) in [5, 5.41) is 13.3. The van der Waals surface area contributed by atoms with E-state index in [9.17, 15) is 9.90 Å². The Balaban J connectivity index is 1.61.